The average Bonchev–Trinajstić information content (AvgIpc) is 2.83. The molecule has 0 bridgehead atoms. The molecule has 0 spiro atoms. The maximum Gasteiger partial charge on any atom is 0.455 e. The predicted octanol–water partition coefficient (Wildman–Crippen LogP) is 2.15. The molecule has 194 valence electrons. The van der Waals surface area contributed by atoms with Crippen LogP contribution in [0.25, 0.3) is 0 Å². The summed E-state index contributed by atoms with van der Waals surface area (Å²) < 4.78 is 83.0. The number of imide groups is 1. The lowest BCUT2D eigenvalue weighted by Gasteiger charge is -2.29. The minimum absolute atomic E-state index is 0.119. The van der Waals surface area contributed by atoms with Gasteiger partial charge in [-0.15, -0.1) is 0 Å². The number of amides is 5. The highest BCUT2D eigenvalue weighted by Gasteiger charge is 2.58. The van der Waals surface area contributed by atoms with E-state index in [9.17, 15) is 45.5 Å². The standard InChI is InChI=1S/C20H22F6N4O5/c1-8-10(21)5-6-11-13(8)30(17(27)34)14(31)12(9(2)35-11)29-16(33)18(3,4)15(32)28-7-19(22,23)20(24,25)26/h5-6,9,12H,7H2,1-4H3,(H2,27,34)(H,28,32)(H,29,33)/t9-,12+/m1/s1. The van der Waals surface area contributed by atoms with Crippen molar-refractivity contribution in [3.63, 3.8) is 0 Å². The van der Waals surface area contributed by atoms with E-state index in [0.29, 0.717) is 4.90 Å². The van der Waals surface area contributed by atoms with Crippen LogP contribution in [0.1, 0.15) is 26.3 Å². The number of hydrogen-bond donors (Lipinski definition) is 3. The number of ether oxygens (including phenoxy) is 1. The van der Waals surface area contributed by atoms with Gasteiger partial charge >= 0.3 is 18.1 Å². The largest absolute Gasteiger partial charge is 0.486 e. The summed E-state index contributed by atoms with van der Waals surface area (Å²) in [5, 5.41) is 3.50. The van der Waals surface area contributed by atoms with Crippen LogP contribution < -0.4 is 26.0 Å². The van der Waals surface area contributed by atoms with Gasteiger partial charge in [0.1, 0.15) is 34.8 Å². The molecule has 0 aliphatic carbocycles. The zero-order valence-corrected chi connectivity index (χ0v) is 18.9. The number of nitrogens with one attached hydrogen (secondary N) is 2. The van der Waals surface area contributed by atoms with E-state index in [0.717, 1.165) is 26.0 Å². The number of hydrogen-bond acceptors (Lipinski definition) is 5. The van der Waals surface area contributed by atoms with E-state index in [1.807, 2.05) is 0 Å². The summed E-state index contributed by atoms with van der Waals surface area (Å²) in [5.74, 6) is -10.1. The van der Waals surface area contributed by atoms with Crippen molar-refractivity contribution in [2.24, 2.45) is 11.1 Å². The zero-order chi connectivity index (χ0) is 27.1. The first-order valence-corrected chi connectivity index (χ1v) is 9.96. The van der Waals surface area contributed by atoms with E-state index in [2.05, 4.69) is 5.32 Å². The van der Waals surface area contributed by atoms with E-state index >= 15 is 0 Å². The first-order chi connectivity index (χ1) is 15.8. The van der Waals surface area contributed by atoms with Gasteiger partial charge in [0.25, 0.3) is 5.91 Å². The monoisotopic (exact) mass is 512 g/mol. The molecular formula is C20H22F6N4O5. The fraction of sp³-hybridized carbons (Fsp3) is 0.500. The molecule has 1 heterocycles. The molecule has 0 aromatic heterocycles. The van der Waals surface area contributed by atoms with E-state index in [1.54, 1.807) is 0 Å². The lowest BCUT2D eigenvalue weighted by atomic mass is 9.90. The Kier molecular flexibility index (Phi) is 7.34. The SMILES string of the molecule is Cc1c(F)ccc2c1N(C(N)=O)C(=O)[C@@H](NC(=O)C(C)(C)C(=O)NCC(F)(F)C(F)(F)F)[C@@H](C)O2. The molecule has 1 aliphatic heterocycles. The van der Waals surface area contributed by atoms with Gasteiger partial charge in [-0.2, -0.15) is 22.0 Å². The molecule has 9 nitrogen and oxygen atoms in total. The number of urea groups is 1. The minimum atomic E-state index is -5.93. The number of carbonyl (C=O) groups excluding carboxylic acids is 4. The smallest absolute Gasteiger partial charge is 0.455 e. The number of nitrogens with zero attached hydrogens (tertiary/aromatic N) is 1. The lowest BCUT2D eigenvalue weighted by Crippen LogP contribution is -2.60. The zero-order valence-electron chi connectivity index (χ0n) is 18.9. The number of alkyl halides is 5. The molecule has 0 radical (unpaired) electrons. The molecule has 35 heavy (non-hydrogen) atoms. The molecule has 15 heteroatoms. The van der Waals surface area contributed by atoms with Crippen molar-refractivity contribution in [1.29, 1.82) is 0 Å². The number of anilines is 1. The number of halogens is 6. The Morgan fingerprint density at radius 3 is 2.20 bits per heavy atom. The number of benzene rings is 1. The van der Waals surface area contributed by atoms with E-state index < -0.39 is 65.8 Å². The molecule has 2 rings (SSSR count). The third kappa shape index (κ3) is 5.27. The first-order valence-electron chi connectivity index (χ1n) is 9.96. The van der Waals surface area contributed by atoms with Crippen LogP contribution in [-0.2, 0) is 14.4 Å². The second kappa shape index (κ2) is 9.26. The number of primary amides is 1. The number of nitrogens with two attached hydrogens (primary N) is 1. The Morgan fingerprint density at radius 2 is 1.69 bits per heavy atom. The highest BCUT2D eigenvalue weighted by molar-refractivity contribution is 6.18. The van der Waals surface area contributed by atoms with Gasteiger partial charge < -0.3 is 21.1 Å². The Balaban J connectivity index is 2.30. The molecular weight excluding hydrogens is 490 g/mol. The predicted molar refractivity (Wildman–Crippen MR) is 108 cm³/mol. The van der Waals surface area contributed by atoms with Crippen molar-refractivity contribution >= 4 is 29.4 Å². The number of carbonyl (C=O) groups is 4. The molecule has 2 atom stereocenters. The van der Waals surface area contributed by atoms with Crippen LogP contribution >= 0.6 is 0 Å². The van der Waals surface area contributed by atoms with Crippen LogP contribution in [0.2, 0.25) is 0 Å². The van der Waals surface area contributed by atoms with Crippen molar-refractivity contribution in [1.82, 2.24) is 10.6 Å². The average molecular weight is 512 g/mol. The summed E-state index contributed by atoms with van der Waals surface area (Å²) >= 11 is 0. The van der Waals surface area contributed by atoms with Gasteiger partial charge in [-0.1, -0.05) is 0 Å². The maximum absolute atomic E-state index is 14.1. The molecule has 1 aromatic rings. The van der Waals surface area contributed by atoms with Crippen molar-refractivity contribution in [3.8, 4) is 5.75 Å². The van der Waals surface area contributed by atoms with Crippen LogP contribution in [0.15, 0.2) is 12.1 Å². The van der Waals surface area contributed by atoms with Crippen LogP contribution in [-0.4, -0.2) is 54.5 Å². The Labute approximate surface area is 194 Å². The molecule has 5 amide bonds. The van der Waals surface area contributed by atoms with Gasteiger partial charge in [0, 0.05) is 5.56 Å². The van der Waals surface area contributed by atoms with Crippen LogP contribution in [0.5, 0.6) is 5.75 Å². The molecule has 4 N–H and O–H groups in total. The van der Waals surface area contributed by atoms with Crippen LogP contribution in [0.3, 0.4) is 0 Å². The topological polar surface area (TPSA) is 131 Å². The van der Waals surface area contributed by atoms with Crippen molar-refractivity contribution < 1.29 is 50.3 Å². The molecule has 0 unspecified atom stereocenters. The highest BCUT2D eigenvalue weighted by Crippen LogP contribution is 2.38. The third-order valence-corrected chi connectivity index (χ3v) is 5.35. The first kappa shape index (κ1) is 27.7. The summed E-state index contributed by atoms with van der Waals surface area (Å²) in [7, 11) is 0. The summed E-state index contributed by atoms with van der Waals surface area (Å²) in [6.45, 7) is 2.25. The summed E-state index contributed by atoms with van der Waals surface area (Å²) in [4.78, 5) is 50.6. The highest BCUT2D eigenvalue weighted by atomic mass is 19.4. The second-order valence-corrected chi connectivity index (χ2v) is 8.32. The van der Waals surface area contributed by atoms with E-state index in [-0.39, 0.29) is 17.0 Å². The number of rotatable bonds is 5. The molecule has 0 fully saturated rings. The molecule has 1 aliphatic rings. The third-order valence-electron chi connectivity index (χ3n) is 5.35. The van der Waals surface area contributed by atoms with E-state index in [1.165, 1.54) is 19.2 Å². The Morgan fingerprint density at radius 1 is 1.11 bits per heavy atom. The maximum atomic E-state index is 14.1. The van der Waals surface area contributed by atoms with E-state index in [4.69, 9.17) is 10.5 Å². The van der Waals surface area contributed by atoms with Gasteiger partial charge in [0.2, 0.25) is 11.8 Å². The summed E-state index contributed by atoms with van der Waals surface area (Å²) in [6.07, 6.45) is -7.15. The van der Waals surface area contributed by atoms with Gasteiger partial charge in [0.15, 0.2) is 0 Å². The fourth-order valence-electron chi connectivity index (χ4n) is 3.08. The Bertz CT molecular complexity index is 1060. The van der Waals surface area contributed by atoms with Gasteiger partial charge in [0.05, 0.1) is 6.54 Å². The van der Waals surface area contributed by atoms with Gasteiger partial charge in [-0.3, -0.25) is 14.4 Å². The van der Waals surface area contributed by atoms with Crippen molar-refractivity contribution in [2.45, 2.75) is 51.9 Å². The summed E-state index contributed by atoms with van der Waals surface area (Å²) in [5.41, 5.74) is 2.57. The van der Waals surface area contributed by atoms with Crippen molar-refractivity contribution in [2.75, 3.05) is 11.4 Å². The molecule has 1 aromatic carbocycles. The normalized spacial score (nSPS) is 18.8. The summed E-state index contributed by atoms with van der Waals surface area (Å²) in [6, 6.07) is -0.894. The quantitative estimate of drug-likeness (QED) is 0.411. The number of fused-ring (bicyclic) bond motifs is 1. The molecule has 0 saturated heterocycles. The van der Waals surface area contributed by atoms with Crippen LogP contribution in [0.4, 0.5) is 36.8 Å². The fourth-order valence-corrected chi connectivity index (χ4v) is 3.08. The van der Waals surface area contributed by atoms with Crippen LogP contribution in [0, 0.1) is 18.2 Å². The lowest BCUT2D eigenvalue weighted by molar-refractivity contribution is -0.278. The van der Waals surface area contributed by atoms with Gasteiger partial charge in [-0.25, -0.2) is 14.1 Å². The van der Waals surface area contributed by atoms with Gasteiger partial charge in [-0.05, 0) is 39.8 Å². The Hall–Kier alpha value is -3.52. The second-order valence-electron chi connectivity index (χ2n) is 8.32. The minimum Gasteiger partial charge on any atom is -0.486 e. The molecule has 0 saturated carbocycles. The van der Waals surface area contributed by atoms with Crippen molar-refractivity contribution in [3.05, 3.63) is 23.5 Å².